The molecule has 1 unspecified atom stereocenters. The first-order valence-electron chi connectivity index (χ1n) is 4.68. The predicted molar refractivity (Wildman–Crippen MR) is 66.2 cm³/mol. The summed E-state index contributed by atoms with van der Waals surface area (Å²) in [6.45, 7) is 0.757. The van der Waals surface area contributed by atoms with Gasteiger partial charge in [-0.05, 0) is 18.1 Å². The lowest BCUT2D eigenvalue weighted by atomic mass is 10.2. The molecule has 0 aliphatic carbocycles. The van der Waals surface area contributed by atoms with Crippen LogP contribution in [0.2, 0.25) is 0 Å². The molecular weight excluding hydrogens is 324 g/mol. The van der Waals surface area contributed by atoms with Gasteiger partial charge in [-0.1, -0.05) is 31.9 Å². The molecule has 0 aromatic carbocycles. The van der Waals surface area contributed by atoms with Crippen LogP contribution in [0.1, 0.15) is 6.42 Å². The maximum absolute atomic E-state index is 11.7. The molecule has 0 saturated carbocycles. The van der Waals surface area contributed by atoms with Gasteiger partial charge in [-0.3, -0.25) is 9.69 Å². The fourth-order valence-corrected chi connectivity index (χ4v) is 2.40. The second-order valence-corrected chi connectivity index (χ2v) is 5.12. The summed E-state index contributed by atoms with van der Waals surface area (Å²) in [5.41, 5.74) is 0. The van der Waals surface area contributed by atoms with Crippen LogP contribution in [-0.2, 0) is 4.79 Å². The average molecular weight is 334 g/mol. The first-order valence-corrected chi connectivity index (χ1v) is 6.60. The summed E-state index contributed by atoms with van der Waals surface area (Å²) in [6.07, 6.45) is 2.31. The fourth-order valence-electron chi connectivity index (χ4n) is 1.65. The Balaban J connectivity index is 2.21. The molecule has 0 bridgehead atoms. The number of nitrogens with zero attached hydrogens (tertiary/aromatic N) is 2. The molecule has 3 nitrogen and oxygen atoms in total. The Labute approximate surface area is 105 Å². The van der Waals surface area contributed by atoms with Crippen LogP contribution in [0.3, 0.4) is 0 Å². The topological polar surface area (TPSA) is 33.2 Å². The number of pyridine rings is 1. The number of rotatable bonds is 2. The van der Waals surface area contributed by atoms with Gasteiger partial charge in [0.25, 0.3) is 0 Å². The molecule has 0 radical (unpaired) electrons. The molecule has 80 valence electrons. The van der Waals surface area contributed by atoms with E-state index in [1.165, 1.54) is 0 Å². The SMILES string of the molecule is O=C1CC(CBr)CN1c1cc(Br)ccn1. The molecule has 0 spiro atoms. The minimum absolute atomic E-state index is 0.157. The van der Waals surface area contributed by atoms with Crippen LogP contribution >= 0.6 is 31.9 Å². The van der Waals surface area contributed by atoms with Crippen LogP contribution in [0.4, 0.5) is 5.82 Å². The van der Waals surface area contributed by atoms with Crippen molar-refractivity contribution in [2.24, 2.45) is 5.92 Å². The molecular formula is C10H10Br2N2O. The number of hydrogen-bond acceptors (Lipinski definition) is 2. The highest BCUT2D eigenvalue weighted by molar-refractivity contribution is 9.10. The monoisotopic (exact) mass is 332 g/mol. The molecule has 2 heterocycles. The summed E-state index contributed by atoms with van der Waals surface area (Å²) in [5.74, 6) is 1.29. The second kappa shape index (κ2) is 4.61. The van der Waals surface area contributed by atoms with Gasteiger partial charge in [0.1, 0.15) is 5.82 Å². The van der Waals surface area contributed by atoms with Crippen LogP contribution < -0.4 is 4.90 Å². The minimum Gasteiger partial charge on any atom is -0.296 e. The zero-order valence-electron chi connectivity index (χ0n) is 7.99. The normalized spacial score (nSPS) is 21.1. The molecule has 1 amide bonds. The van der Waals surface area contributed by atoms with E-state index in [2.05, 4.69) is 36.8 Å². The number of halogens is 2. The first-order chi connectivity index (χ1) is 7.20. The van der Waals surface area contributed by atoms with E-state index in [4.69, 9.17) is 0 Å². The third-order valence-electron chi connectivity index (χ3n) is 2.41. The zero-order valence-corrected chi connectivity index (χ0v) is 11.2. The zero-order chi connectivity index (χ0) is 10.8. The number of alkyl halides is 1. The Morgan fingerprint density at radius 1 is 1.60 bits per heavy atom. The number of aromatic nitrogens is 1. The maximum atomic E-state index is 11.7. The first kappa shape index (κ1) is 11.1. The molecule has 1 aromatic heterocycles. The summed E-state index contributed by atoms with van der Waals surface area (Å²) in [5, 5.41) is 0.864. The molecule has 1 aliphatic rings. The molecule has 1 aromatic rings. The quantitative estimate of drug-likeness (QED) is 0.779. The number of amides is 1. The molecule has 0 N–H and O–H groups in total. The van der Waals surface area contributed by atoms with E-state index in [1.807, 2.05) is 12.1 Å². The van der Waals surface area contributed by atoms with Gasteiger partial charge in [-0.15, -0.1) is 0 Å². The van der Waals surface area contributed by atoms with Crippen molar-refractivity contribution < 1.29 is 4.79 Å². The molecule has 5 heteroatoms. The van der Waals surface area contributed by atoms with Crippen LogP contribution in [0, 0.1) is 5.92 Å². The highest BCUT2D eigenvalue weighted by atomic mass is 79.9. The molecule has 1 saturated heterocycles. The van der Waals surface area contributed by atoms with Crippen molar-refractivity contribution in [1.82, 2.24) is 4.98 Å². The van der Waals surface area contributed by atoms with Crippen molar-refractivity contribution >= 4 is 43.6 Å². The van der Waals surface area contributed by atoms with E-state index < -0.39 is 0 Å². The van der Waals surface area contributed by atoms with Crippen LogP contribution in [0.15, 0.2) is 22.8 Å². The van der Waals surface area contributed by atoms with E-state index >= 15 is 0 Å². The van der Waals surface area contributed by atoms with Crippen molar-refractivity contribution in [2.75, 3.05) is 16.8 Å². The third-order valence-corrected chi connectivity index (χ3v) is 3.82. The third kappa shape index (κ3) is 2.39. The highest BCUT2D eigenvalue weighted by Gasteiger charge is 2.30. The van der Waals surface area contributed by atoms with E-state index in [-0.39, 0.29) is 5.91 Å². The van der Waals surface area contributed by atoms with E-state index in [1.54, 1.807) is 11.1 Å². The Morgan fingerprint density at radius 2 is 2.40 bits per heavy atom. The molecule has 1 fully saturated rings. The van der Waals surface area contributed by atoms with Gasteiger partial charge < -0.3 is 0 Å². The van der Waals surface area contributed by atoms with E-state index in [0.717, 1.165) is 22.2 Å². The number of anilines is 1. The lowest BCUT2D eigenvalue weighted by Gasteiger charge is -2.15. The van der Waals surface area contributed by atoms with Gasteiger partial charge in [-0.25, -0.2) is 4.98 Å². The minimum atomic E-state index is 0.157. The number of hydrogen-bond donors (Lipinski definition) is 0. The van der Waals surface area contributed by atoms with Gasteiger partial charge >= 0.3 is 0 Å². The van der Waals surface area contributed by atoms with Crippen molar-refractivity contribution in [3.63, 3.8) is 0 Å². The Morgan fingerprint density at radius 3 is 3.00 bits per heavy atom. The highest BCUT2D eigenvalue weighted by Crippen LogP contribution is 2.26. The van der Waals surface area contributed by atoms with Crippen molar-refractivity contribution in [2.45, 2.75) is 6.42 Å². The summed E-state index contributed by atoms with van der Waals surface area (Å²) in [6, 6.07) is 3.72. The van der Waals surface area contributed by atoms with Gasteiger partial charge in [0.2, 0.25) is 5.91 Å². The van der Waals surface area contributed by atoms with E-state index in [0.29, 0.717) is 12.3 Å². The Hall–Kier alpha value is -0.420. The molecule has 1 atom stereocenters. The lowest BCUT2D eigenvalue weighted by molar-refractivity contribution is -0.117. The molecule has 15 heavy (non-hydrogen) atoms. The Kier molecular flexibility index (Phi) is 3.41. The number of carbonyl (C=O) groups is 1. The number of carbonyl (C=O) groups excluding carboxylic acids is 1. The largest absolute Gasteiger partial charge is 0.296 e. The van der Waals surface area contributed by atoms with E-state index in [9.17, 15) is 4.79 Å². The predicted octanol–water partition coefficient (Wildman–Crippen LogP) is 2.59. The second-order valence-electron chi connectivity index (χ2n) is 3.56. The van der Waals surface area contributed by atoms with Crippen molar-refractivity contribution in [3.05, 3.63) is 22.8 Å². The van der Waals surface area contributed by atoms with Gasteiger partial charge in [-0.2, -0.15) is 0 Å². The summed E-state index contributed by atoms with van der Waals surface area (Å²) in [7, 11) is 0. The van der Waals surface area contributed by atoms with Gasteiger partial charge in [0.05, 0.1) is 0 Å². The lowest BCUT2D eigenvalue weighted by Crippen LogP contribution is -2.25. The van der Waals surface area contributed by atoms with Gasteiger partial charge in [0.15, 0.2) is 0 Å². The van der Waals surface area contributed by atoms with Crippen LogP contribution in [-0.4, -0.2) is 22.8 Å². The smallest absolute Gasteiger partial charge is 0.228 e. The standard InChI is InChI=1S/C10H10Br2N2O/c11-5-7-3-10(15)14(6-7)9-4-8(12)1-2-13-9/h1-2,4,7H,3,5-6H2. The Bertz CT molecular complexity index is 383. The summed E-state index contributed by atoms with van der Waals surface area (Å²) >= 11 is 6.78. The fraction of sp³-hybridized carbons (Fsp3) is 0.400. The summed E-state index contributed by atoms with van der Waals surface area (Å²) in [4.78, 5) is 17.7. The summed E-state index contributed by atoms with van der Waals surface area (Å²) < 4.78 is 0.947. The van der Waals surface area contributed by atoms with Crippen LogP contribution in [0.5, 0.6) is 0 Å². The van der Waals surface area contributed by atoms with Gasteiger partial charge in [0, 0.05) is 29.0 Å². The average Bonchev–Trinajstić information content (AvgIpc) is 2.60. The molecule has 2 rings (SSSR count). The molecule has 1 aliphatic heterocycles. The maximum Gasteiger partial charge on any atom is 0.228 e. The van der Waals surface area contributed by atoms with Crippen molar-refractivity contribution in [1.29, 1.82) is 0 Å². The van der Waals surface area contributed by atoms with Crippen LogP contribution in [0.25, 0.3) is 0 Å². The van der Waals surface area contributed by atoms with Crippen molar-refractivity contribution in [3.8, 4) is 0 Å².